The van der Waals surface area contributed by atoms with Crippen LogP contribution in [-0.4, -0.2) is 23.8 Å². The van der Waals surface area contributed by atoms with Crippen LogP contribution in [-0.2, 0) is 19.1 Å². The number of hydrogen-bond acceptors (Lipinski definition) is 4. The fraction of sp³-hybridized carbons (Fsp3) is 0.227. The molecule has 1 aliphatic carbocycles. The van der Waals surface area contributed by atoms with E-state index in [1.807, 2.05) is 24.3 Å². The van der Waals surface area contributed by atoms with Gasteiger partial charge in [-0.05, 0) is 24.5 Å². The molecule has 144 valence electrons. The number of nitrogens with one attached hydrogen (secondary N) is 2. The van der Waals surface area contributed by atoms with Crippen LogP contribution in [0.15, 0.2) is 66.4 Å². The first-order chi connectivity index (χ1) is 13.5. The molecule has 0 unspecified atom stereocenters. The lowest BCUT2D eigenvalue weighted by atomic mass is 10.1. The van der Waals surface area contributed by atoms with Crippen LogP contribution in [0.3, 0.4) is 0 Å². The average molecular weight is 378 g/mol. The standard InChI is InChI=1S/C22H22N2O4/c1-15(25)23-19(14-16-8-4-2-5-9-16)22(27)28-20(17-10-6-3-7-11-17)21(26)24-18-12-13-18/h2-11,14,18,20H,12-13H2,1H3,(H,23,25)(H,24,26)/b19-14-/t20-/m1/s1. The van der Waals surface area contributed by atoms with Crippen molar-refractivity contribution in [2.75, 3.05) is 0 Å². The van der Waals surface area contributed by atoms with Gasteiger partial charge in [-0.2, -0.15) is 0 Å². The normalized spacial score (nSPS) is 14.7. The molecule has 1 atom stereocenters. The van der Waals surface area contributed by atoms with Gasteiger partial charge in [-0.1, -0.05) is 60.7 Å². The molecule has 0 radical (unpaired) electrons. The summed E-state index contributed by atoms with van der Waals surface area (Å²) in [6, 6.07) is 18.0. The van der Waals surface area contributed by atoms with E-state index < -0.39 is 18.0 Å². The minimum Gasteiger partial charge on any atom is -0.443 e. The SMILES string of the molecule is CC(=O)N/C(=C\c1ccccc1)C(=O)O[C@@H](C(=O)NC1CC1)c1ccccc1. The molecule has 2 N–H and O–H groups in total. The van der Waals surface area contributed by atoms with Gasteiger partial charge in [0.25, 0.3) is 5.91 Å². The molecule has 1 saturated carbocycles. The van der Waals surface area contributed by atoms with Gasteiger partial charge in [0.15, 0.2) is 0 Å². The van der Waals surface area contributed by atoms with Crippen molar-refractivity contribution in [3.05, 3.63) is 77.5 Å². The van der Waals surface area contributed by atoms with Gasteiger partial charge < -0.3 is 15.4 Å². The zero-order chi connectivity index (χ0) is 19.9. The van der Waals surface area contributed by atoms with Gasteiger partial charge in [-0.15, -0.1) is 0 Å². The number of hydrogen-bond donors (Lipinski definition) is 2. The molecule has 3 rings (SSSR count). The van der Waals surface area contributed by atoms with E-state index in [1.54, 1.807) is 36.4 Å². The van der Waals surface area contributed by atoms with E-state index in [1.165, 1.54) is 13.0 Å². The van der Waals surface area contributed by atoms with Crippen LogP contribution in [0.5, 0.6) is 0 Å². The second kappa shape index (κ2) is 8.99. The van der Waals surface area contributed by atoms with Crippen molar-refractivity contribution in [3.63, 3.8) is 0 Å². The first-order valence-corrected chi connectivity index (χ1v) is 9.13. The molecule has 2 aromatic carbocycles. The Morgan fingerprint density at radius 1 is 1.00 bits per heavy atom. The number of carbonyl (C=O) groups excluding carboxylic acids is 3. The summed E-state index contributed by atoms with van der Waals surface area (Å²) in [6.07, 6.45) is 2.27. The second-order valence-corrected chi connectivity index (χ2v) is 6.63. The van der Waals surface area contributed by atoms with Crippen LogP contribution in [0, 0.1) is 0 Å². The van der Waals surface area contributed by atoms with Crippen molar-refractivity contribution in [1.29, 1.82) is 0 Å². The van der Waals surface area contributed by atoms with E-state index >= 15 is 0 Å². The third-order valence-electron chi connectivity index (χ3n) is 4.13. The number of rotatable bonds is 7. The van der Waals surface area contributed by atoms with E-state index in [0.717, 1.165) is 18.4 Å². The van der Waals surface area contributed by atoms with Gasteiger partial charge in [0, 0.05) is 18.5 Å². The molecule has 28 heavy (non-hydrogen) atoms. The highest BCUT2D eigenvalue weighted by atomic mass is 16.5. The maximum atomic E-state index is 12.8. The third-order valence-corrected chi connectivity index (χ3v) is 4.13. The molecule has 6 heteroatoms. The number of esters is 1. The van der Waals surface area contributed by atoms with Crippen LogP contribution in [0.4, 0.5) is 0 Å². The largest absolute Gasteiger partial charge is 0.443 e. The molecule has 2 aromatic rings. The Balaban J connectivity index is 1.84. The van der Waals surface area contributed by atoms with Crippen molar-refractivity contribution in [3.8, 4) is 0 Å². The summed E-state index contributed by atoms with van der Waals surface area (Å²) < 4.78 is 5.53. The summed E-state index contributed by atoms with van der Waals surface area (Å²) in [5.41, 5.74) is 1.26. The highest BCUT2D eigenvalue weighted by Crippen LogP contribution is 2.24. The summed E-state index contributed by atoms with van der Waals surface area (Å²) in [6.45, 7) is 1.31. The molecule has 0 bridgehead atoms. The maximum Gasteiger partial charge on any atom is 0.355 e. The third kappa shape index (κ3) is 5.54. The van der Waals surface area contributed by atoms with E-state index in [2.05, 4.69) is 10.6 Å². The van der Waals surface area contributed by atoms with Gasteiger partial charge in [-0.25, -0.2) is 4.79 Å². The molecule has 0 heterocycles. The first-order valence-electron chi connectivity index (χ1n) is 9.13. The van der Waals surface area contributed by atoms with E-state index in [-0.39, 0.29) is 17.6 Å². The number of benzene rings is 2. The van der Waals surface area contributed by atoms with E-state index in [0.29, 0.717) is 5.56 Å². The monoisotopic (exact) mass is 378 g/mol. The molecule has 1 fully saturated rings. The minimum absolute atomic E-state index is 0.0288. The summed E-state index contributed by atoms with van der Waals surface area (Å²) in [5, 5.41) is 5.36. The summed E-state index contributed by atoms with van der Waals surface area (Å²) >= 11 is 0. The Bertz CT molecular complexity index is 874. The van der Waals surface area contributed by atoms with Crippen LogP contribution in [0.1, 0.15) is 37.0 Å². The van der Waals surface area contributed by atoms with Crippen molar-refractivity contribution >= 4 is 23.9 Å². The lowest BCUT2D eigenvalue weighted by Gasteiger charge is -2.19. The second-order valence-electron chi connectivity index (χ2n) is 6.63. The highest BCUT2D eigenvalue weighted by Gasteiger charge is 2.31. The van der Waals surface area contributed by atoms with Crippen LogP contribution in [0.2, 0.25) is 0 Å². The predicted molar refractivity (Wildman–Crippen MR) is 105 cm³/mol. The van der Waals surface area contributed by atoms with Crippen LogP contribution in [0.25, 0.3) is 6.08 Å². The molecule has 0 saturated heterocycles. The maximum absolute atomic E-state index is 12.8. The van der Waals surface area contributed by atoms with Crippen molar-refractivity contribution in [2.24, 2.45) is 0 Å². The fourth-order valence-corrected chi connectivity index (χ4v) is 2.63. The Labute approximate surface area is 163 Å². The molecule has 0 aliphatic heterocycles. The molecule has 1 aliphatic rings. The Morgan fingerprint density at radius 2 is 1.61 bits per heavy atom. The highest BCUT2D eigenvalue weighted by molar-refractivity contribution is 5.99. The summed E-state index contributed by atoms with van der Waals surface area (Å²) in [4.78, 5) is 37.0. The van der Waals surface area contributed by atoms with Crippen LogP contribution < -0.4 is 10.6 Å². The van der Waals surface area contributed by atoms with E-state index in [4.69, 9.17) is 4.74 Å². The summed E-state index contributed by atoms with van der Waals surface area (Å²) in [7, 11) is 0. The minimum atomic E-state index is -1.10. The average Bonchev–Trinajstić information content (AvgIpc) is 3.50. The van der Waals surface area contributed by atoms with Crippen molar-refractivity contribution in [1.82, 2.24) is 10.6 Å². The topological polar surface area (TPSA) is 84.5 Å². The Hall–Kier alpha value is -3.41. The van der Waals surface area contributed by atoms with Gasteiger partial charge in [0.2, 0.25) is 12.0 Å². The zero-order valence-electron chi connectivity index (χ0n) is 15.6. The number of carbonyl (C=O) groups is 3. The van der Waals surface area contributed by atoms with E-state index in [9.17, 15) is 14.4 Å². The quantitative estimate of drug-likeness (QED) is 0.573. The summed E-state index contributed by atoms with van der Waals surface area (Å²) in [5.74, 6) is -1.55. The molecule has 0 aromatic heterocycles. The predicted octanol–water partition coefficient (Wildman–Crippen LogP) is 2.73. The molecule has 2 amide bonds. The van der Waals surface area contributed by atoms with Gasteiger partial charge in [-0.3, -0.25) is 9.59 Å². The fourth-order valence-electron chi connectivity index (χ4n) is 2.63. The molecular formula is C22H22N2O4. The first kappa shape index (κ1) is 19.4. The van der Waals surface area contributed by atoms with Gasteiger partial charge >= 0.3 is 5.97 Å². The zero-order valence-corrected chi connectivity index (χ0v) is 15.6. The van der Waals surface area contributed by atoms with Gasteiger partial charge in [0.05, 0.1) is 0 Å². The van der Waals surface area contributed by atoms with Crippen molar-refractivity contribution in [2.45, 2.75) is 31.9 Å². The number of amides is 2. The molecular weight excluding hydrogens is 356 g/mol. The Kier molecular flexibility index (Phi) is 6.22. The van der Waals surface area contributed by atoms with Crippen LogP contribution >= 0.6 is 0 Å². The molecule has 0 spiro atoms. The van der Waals surface area contributed by atoms with Crippen molar-refractivity contribution < 1.29 is 19.1 Å². The Morgan fingerprint density at radius 3 is 2.18 bits per heavy atom. The lowest BCUT2D eigenvalue weighted by Crippen LogP contribution is -2.35. The smallest absolute Gasteiger partial charge is 0.355 e. The lowest BCUT2D eigenvalue weighted by molar-refractivity contribution is -0.153. The van der Waals surface area contributed by atoms with Gasteiger partial charge in [0.1, 0.15) is 5.70 Å². The number of ether oxygens (including phenoxy) is 1. The molecule has 6 nitrogen and oxygen atoms in total.